The number of likely N-dealkylation sites (N-methyl/N-ethyl adjacent to an activating group) is 1. The first kappa shape index (κ1) is 25.8. The van der Waals surface area contributed by atoms with Crippen LogP contribution in [0.3, 0.4) is 0 Å². The van der Waals surface area contributed by atoms with Gasteiger partial charge in [-0.3, -0.25) is 10.1 Å². The highest BCUT2D eigenvalue weighted by molar-refractivity contribution is 8.01. The summed E-state index contributed by atoms with van der Waals surface area (Å²) in [5.74, 6) is 0.0668. The number of amides is 2. The second-order valence-corrected chi connectivity index (χ2v) is 10.5. The Morgan fingerprint density at radius 1 is 1.22 bits per heavy atom. The summed E-state index contributed by atoms with van der Waals surface area (Å²) >= 11 is 2.88. The Kier molecular flexibility index (Phi) is 9.67. The van der Waals surface area contributed by atoms with Crippen molar-refractivity contribution < 1.29 is 19.1 Å². The van der Waals surface area contributed by atoms with Crippen molar-refractivity contribution in [3.05, 3.63) is 36.0 Å². The fourth-order valence-electron chi connectivity index (χ4n) is 2.76. The van der Waals surface area contributed by atoms with Crippen LogP contribution in [-0.4, -0.2) is 71.9 Å². The number of hydrogen-bond acceptors (Lipinski definition) is 8. The number of aldehydes is 1. The topological polar surface area (TPSA) is 91.8 Å². The molecular formula is C22H30N4O4S2. The molecular weight excluding hydrogens is 448 g/mol. The number of hydrogen-bond donors (Lipinski definition) is 1. The van der Waals surface area contributed by atoms with E-state index in [0.29, 0.717) is 10.7 Å². The minimum atomic E-state index is -0.560. The van der Waals surface area contributed by atoms with E-state index in [1.165, 1.54) is 30.0 Å². The van der Waals surface area contributed by atoms with E-state index >= 15 is 0 Å². The van der Waals surface area contributed by atoms with Crippen LogP contribution in [0.4, 0.5) is 9.93 Å². The summed E-state index contributed by atoms with van der Waals surface area (Å²) in [6.07, 6.45) is 1.93. The molecule has 174 valence electrons. The summed E-state index contributed by atoms with van der Waals surface area (Å²) in [7, 11) is 2.07. The fraction of sp³-hybridized carbons (Fsp3) is 0.455. The molecule has 8 nitrogen and oxygen atoms in total. The third kappa shape index (κ3) is 8.60. The van der Waals surface area contributed by atoms with E-state index in [4.69, 9.17) is 9.53 Å². The molecule has 1 aliphatic heterocycles. The molecule has 10 heteroatoms. The van der Waals surface area contributed by atoms with Gasteiger partial charge < -0.3 is 19.3 Å². The van der Waals surface area contributed by atoms with Crippen LogP contribution in [0.15, 0.2) is 39.6 Å². The number of benzene rings is 1. The standard InChI is InChI=1S/C20H26N4O3S2.C2H4O/c1-20(2,3)27-19(26)22-18-21-13-16(29-18)28-15-7-5-6-14(12-15)17(25)24-10-8-23(4)9-11-24;1-2-3/h5-7,12-13H,8-11H2,1-4H3,(H,21,22,26);2H,1H3. The van der Waals surface area contributed by atoms with Gasteiger partial charge in [-0.2, -0.15) is 0 Å². The maximum absolute atomic E-state index is 12.8. The number of anilines is 1. The minimum absolute atomic E-state index is 0.0668. The van der Waals surface area contributed by atoms with Gasteiger partial charge >= 0.3 is 6.09 Å². The molecule has 32 heavy (non-hydrogen) atoms. The maximum atomic E-state index is 12.8. The molecule has 0 spiro atoms. The van der Waals surface area contributed by atoms with Crippen molar-refractivity contribution >= 4 is 46.5 Å². The van der Waals surface area contributed by atoms with Gasteiger partial charge in [0.25, 0.3) is 5.91 Å². The van der Waals surface area contributed by atoms with Crippen LogP contribution in [-0.2, 0) is 9.53 Å². The third-order valence-electron chi connectivity index (χ3n) is 4.18. The van der Waals surface area contributed by atoms with Crippen LogP contribution >= 0.6 is 23.1 Å². The molecule has 3 rings (SSSR count). The van der Waals surface area contributed by atoms with Gasteiger partial charge in [-0.1, -0.05) is 29.2 Å². The van der Waals surface area contributed by atoms with Crippen molar-refractivity contribution in [3.63, 3.8) is 0 Å². The summed E-state index contributed by atoms with van der Waals surface area (Å²) in [4.78, 5) is 42.8. The van der Waals surface area contributed by atoms with E-state index in [1.807, 2.05) is 49.9 Å². The summed E-state index contributed by atoms with van der Waals surface area (Å²) < 4.78 is 6.16. The summed E-state index contributed by atoms with van der Waals surface area (Å²) in [6, 6.07) is 7.62. The zero-order valence-electron chi connectivity index (χ0n) is 19.1. The average Bonchev–Trinajstić information content (AvgIpc) is 3.14. The van der Waals surface area contributed by atoms with Gasteiger partial charge in [0.2, 0.25) is 0 Å². The Balaban J connectivity index is 0.00000114. The molecule has 0 radical (unpaired) electrons. The quantitative estimate of drug-likeness (QED) is 0.657. The molecule has 0 saturated carbocycles. The summed E-state index contributed by atoms with van der Waals surface area (Å²) in [5, 5.41) is 3.13. The lowest BCUT2D eigenvalue weighted by Gasteiger charge is -2.32. The van der Waals surface area contributed by atoms with Gasteiger partial charge in [0.15, 0.2) is 5.13 Å². The van der Waals surface area contributed by atoms with E-state index in [9.17, 15) is 9.59 Å². The molecule has 1 aliphatic rings. The van der Waals surface area contributed by atoms with Crippen molar-refractivity contribution in [2.75, 3.05) is 38.5 Å². The molecule has 0 unspecified atom stereocenters. The number of ether oxygens (including phenoxy) is 1. The van der Waals surface area contributed by atoms with Gasteiger partial charge in [-0.05, 0) is 52.9 Å². The lowest BCUT2D eigenvalue weighted by molar-refractivity contribution is -0.106. The molecule has 2 heterocycles. The monoisotopic (exact) mass is 478 g/mol. The number of carbonyl (C=O) groups excluding carboxylic acids is 3. The normalized spacial score (nSPS) is 14.2. The van der Waals surface area contributed by atoms with E-state index in [-0.39, 0.29) is 5.91 Å². The zero-order chi connectivity index (χ0) is 23.7. The van der Waals surface area contributed by atoms with Crippen molar-refractivity contribution in [3.8, 4) is 0 Å². The van der Waals surface area contributed by atoms with E-state index in [1.54, 1.807) is 6.20 Å². The second-order valence-electron chi connectivity index (χ2n) is 8.07. The SMILES string of the molecule is CC=O.CN1CCN(C(=O)c2cccc(Sc3cnc(NC(=O)OC(C)(C)C)s3)c2)CC1. The third-order valence-corrected chi connectivity index (χ3v) is 6.19. The summed E-state index contributed by atoms with van der Waals surface area (Å²) in [6.45, 7) is 10.2. The molecule has 0 atom stereocenters. The number of thiazole rings is 1. The number of nitrogens with one attached hydrogen (secondary N) is 1. The van der Waals surface area contributed by atoms with Gasteiger partial charge in [0.1, 0.15) is 11.9 Å². The van der Waals surface area contributed by atoms with Crippen LogP contribution in [0.1, 0.15) is 38.1 Å². The molecule has 1 aromatic carbocycles. The number of rotatable bonds is 4. The molecule has 0 aliphatic carbocycles. The largest absolute Gasteiger partial charge is 0.444 e. The molecule has 0 bridgehead atoms. The van der Waals surface area contributed by atoms with Crippen LogP contribution in [0.2, 0.25) is 0 Å². The average molecular weight is 479 g/mol. The lowest BCUT2D eigenvalue weighted by Crippen LogP contribution is -2.47. The molecule has 1 fully saturated rings. The number of aromatic nitrogens is 1. The Bertz CT molecular complexity index is 919. The minimum Gasteiger partial charge on any atom is -0.444 e. The zero-order valence-corrected chi connectivity index (χ0v) is 20.7. The van der Waals surface area contributed by atoms with E-state index in [0.717, 1.165) is 41.6 Å². The summed E-state index contributed by atoms with van der Waals surface area (Å²) in [5.41, 5.74) is 0.131. The number of nitrogens with zero attached hydrogens (tertiary/aromatic N) is 3. The smallest absolute Gasteiger partial charge is 0.413 e. The van der Waals surface area contributed by atoms with Crippen LogP contribution < -0.4 is 5.32 Å². The highest BCUT2D eigenvalue weighted by Gasteiger charge is 2.21. The van der Waals surface area contributed by atoms with Gasteiger partial charge in [-0.15, -0.1) is 0 Å². The van der Waals surface area contributed by atoms with Gasteiger partial charge in [0, 0.05) is 36.6 Å². The Labute approximate surface area is 197 Å². The Hall–Kier alpha value is -2.43. The first-order valence-electron chi connectivity index (χ1n) is 10.2. The predicted octanol–water partition coefficient (Wildman–Crippen LogP) is 4.23. The highest BCUT2D eigenvalue weighted by atomic mass is 32.2. The number of carbonyl (C=O) groups is 3. The van der Waals surface area contributed by atoms with Gasteiger partial charge in [-0.25, -0.2) is 9.78 Å². The molecule has 1 saturated heterocycles. The van der Waals surface area contributed by atoms with Crippen LogP contribution in [0, 0.1) is 0 Å². The van der Waals surface area contributed by atoms with Crippen molar-refractivity contribution in [1.29, 1.82) is 0 Å². The van der Waals surface area contributed by atoms with Crippen molar-refractivity contribution in [1.82, 2.24) is 14.8 Å². The Morgan fingerprint density at radius 3 is 2.50 bits per heavy atom. The first-order chi connectivity index (χ1) is 15.1. The molecule has 2 amide bonds. The van der Waals surface area contributed by atoms with Crippen molar-refractivity contribution in [2.24, 2.45) is 0 Å². The lowest BCUT2D eigenvalue weighted by atomic mass is 10.2. The van der Waals surface area contributed by atoms with Gasteiger partial charge in [0.05, 0.1) is 10.4 Å². The first-order valence-corrected chi connectivity index (χ1v) is 11.9. The molecule has 1 aromatic heterocycles. The second kappa shape index (κ2) is 12.0. The number of piperazine rings is 1. The Morgan fingerprint density at radius 2 is 1.88 bits per heavy atom. The predicted molar refractivity (Wildman–Crippen MR) is 128 cm³/mol. The van der Waals surface area contributed by atoms with Crippen LogP contribution in [0.5, 0.6) is 0 Å². The van der Waals surface area contributed by atoms with E-state index < -0.39 is 11.7 Å². The fourth-order valence-corrected chi connectivity index (χ4v) is 4.65. The van der Waals surface area contributed by atoms with Crippen LogP contribution in [0.25, 0.3) is 0 Å². The van der Waals surface area contributed by atoms with E-state index in [2.05, 4.69) is 22.2 Å². The molecule has 2 aromatic rings. The van der Waals surface area contributed by atoms with Crippen molar-refractivity contribution in [2.45, 2.75) is 42.4 Å². The maximum Gasteiger partial charge on any atom is 0.413 e. The molecule has 1 N–H and O–H groups in total. The highest BCUT2D eigenvalue weighted by Crippen LogP contribution is 2.34.